The van der Waals surface area contributed by atoms with Gasteiger partial charge in [0.1, 0.15) is 11.4 Å². The molecule has 0 unspecified atom stereocenters. The maximum Gasteiger partial charge on any atom is 0.151 e. The lowest BCUT2D eigenvalue weighted by Gasteiger charge is -2.16. The molecule has 20 heavy (non-hydrogen) atoms. The molecule has 3 rings (SSSR count). The fourth-order valence-electron chi connectivity index (χ4n) is 2.60. The zero-order chi connectivity index (χ0) is 14.3. The third-order valence-electron chi connectivity index (χ3n) is 3.52. The minimum atomic E-state index is -0.144. The van der Waals surface area contributed by atoms with Crippen LogP contribution < -0.4 is 4.74 Å². The summed E-state index contributed by atoms with van der Waals surface area (Å²) < 4.78 is 5.87. The van der Waals surface area contributed by atoms with Gasteiger partial charge in [-0.25, -0.2) is 0 Å². The Hall–Kier alpha value is -1.80. The maximum atomic E-state index is 11.0. The van der Waals surface area contributed by atoms with Gasteiger partial charge in [0.05, 0.1) is 5.02 Å². The number of aldehydes is 1. The first-order valence-electron chi connectivity index (χ1n) is 6.55. The predicted molar refractivity (Wildman–Crippen MR) is 80.7 cm³/mol. The molecule has 2 aromatic rings. The van der Waals surface area contributed by atoms with Gasteiger partial charge in [0.15, 0.2) is 6.29 Å². The van der Waals surface area contributed by atoms with E-state index in [1.54, 1.807) is 6.07 Å². The molecule has 2 aromatic carbocycles. The number of hydrogen-bond donors (Lipinski definition) is 0. The van der Waals surface area contributed by atoms with Gasteiger partial charge < -0.3 is 4.74 Å². The van der Waals surface area contributed by atoms with Crippen molar-refractivity contribution in [3.8, 4) is 16.9 Å². The van der Waals surface area contributed by atoms with Crippen LogP contribution in [-0.4, -0.2) is 11.9 Å². The zero-order valence-corrected chi connectivity index (χ0v) is 12.2. The fourth-order valence-corrected chi connectivity index (χ4v) is 2.76. The summed E-state index contributed by atoms with van der Waals surface area (Å²) >= 11 is 5.96. The van der Waals surface area contributed by atoms with Crippen LogP contribution in [0.4, 0.5) is 0 Å². The van der Waals surface area contributed by atoms with Crippen molar-refractivity contribution in [3.05, 3.63) is 52.5 Å². The van der Waals surface area contributed by atoms with Gasteiger partial charge in [-0.15, -0.1) is 0 Å². The molecule has 0 radical (unpaired) electrons. The summed E-state index contributed by atoms with van der Waals surface area (Å²) in [5.41, 5.74) is 3.64. The van der Waals surface area contributed by atoms with Crippen molar-refractivity contribution in [3.63, 3.8) is 0 Å². The molecule has 0 aromatic heterocycles. The number of halogens is 1. The number of fused-ring (bicyclic) bond motifs is 1. The van der Waals surface area contributed by atoms with Crippen LogP contribution in [0.1, 0.15) is 29.8 Å². The minimum Gasteiger partial charge on any atom is -0.487 e. The van der Waals surface area contributed by atoms with E-state index in [1.165, 1.54) is 5.56 Å². The molecule has 1 aliphatic heterocycles. The number of hydrogen-bond acceptors (Lipinski definition) is 2. The van der Waals surface area contributed by atoms with Crippen LogP contribution in [0.5, 0.6) is 5.75 Å². The molecular weight excluding hydrogens is 272 g/mol. The monoisotopic (exact) mass is 286 g/mol. The van der Waals surface area contributed by atoms with Crippen LogP contribution in [0.3, 0.4) is 0 Å². The molecular formula is C17H15ClO2. The second-order valence-electron chi connectivity index (χ2n) is 5.72. The molecule has 1 heterocycles. The molecule has 0 saturated carbocycles. The number of benzene rings is 2. The molecule has 102 valence electrons. The van der Waals surface area contributed by atoms with Gasteiger partial charge in [-0.1, -0.05) is 23.7 Å². The SMILES string of the molecule is CC1(C)Cc2cc(-c3ccc(Cl)c(C=O)c3)ccc2O1. The summed E-state index contributed by atoms with van der Waals surface area (Å²) in [5.74, 6) is 0.948. The molecule has 0 aliphatic carbocycles. The van der Waals surface area contributed by atoms with Crippen LogP contribution in [0.25, 0.3) is 11.1 Å². The van der Waals surface area contributed by atoms with Crippen LogP contribution in [0, 0.1) is 0 Å². The number of rotatable bonds is 2. The highest BCUT2D eigenvalue weighted by atomic mass is 35.5. The van der Waals surface area contributed by atoms with Gasteiger partial charge in [-0.2, -0.15) is 0 Å². The van der Waals surface area contributed by atoms with Crippen molar-refractivity contribution in [2.75, 3.05) is 0 Å². The lowest BCUT2D eigenvalue weighted by atomic mass is 9.97. The number of ether oxygens (including phenoxy) is 1. The van der Waals surface area contributed by atoms with Gasteiger partial charge >= 0.3 is 0 Å². The van der Waals surface area contributed by atoms with E-state index in [0.717, 1.165) is 29.6 Å². The molecule has 2 nitrogen and oxygen atoms in total. The Morgan fingerprint density at radius 3 is 2.60 bits per heavy atom. The van der Waals surface area contributed by atoms with Crippen molar-refractivity contribution < 1.29 is 9.53 Å². The summed E-state index contributed by atoms with van der Waals surface area (Å²) in [6, 6.07) is 11.6. The Kier molecular flexibility index (Phi) is 3.06. The van der Waals surface area contributed by atoms with Crippen molar-refractivity contribution in [1.82, 2.24) is 0 Å². The van der Waals surface area contributed by atoms with Crippen LogP contribution in [0.2, 0.25) is 5.02 Å². The first-order chi connectivity index (χ1) is 9.48. The highest BCUT2D eigenvalue weighted by molar-refractivity contribution is 6.33. The second-order valence-corrected chi connectivity index (χ2v) is 6.12. The van der Waals surface area contributed by atoms with Crippen molar-refractivity contribution in [1.29, 1.82) is 0 Å². The Bertz CT molecular complexity index is 689. The van der Waals surface area contributed by atoms with Crippen molar-refractivity contribution >= 4 is 17.9 Å². The summed E-state index contributed by atoms with van der Waals surface area (Å²) in [6.07, 6.45) is 1.68. The molecule has 0 bridgehead atoms. The van der Waals surface area contributed by atoms with E-state index < -0.39 is 0 Å². The Morgan fingerprint density at radius 1 is 1.15 bits per heavy atom. The van der Waals surface area contributed by atoms with E-state index in [1.807, 2.05) is 24.3 Å². The average molecular weight is 287 g/mol. The van der Waals surface area contributed by atoms with Crippen molar-refractivity contribution in [2.24, 2.45) is 0 Å². The van der Waals surface area contributed by atoms with Gasteiger partial charge in [-0.05, 0) is 54.8 Å². The number of carbonyl (C=O) groups excluding carboxylic acids is 1. The predicted octanol–water partition coefficient (Wildman–Crippen LogP) is 4.53. The van der Waals surface area contributed by atoms with Crippen molar-refractivity contribution in [2.45, 2.75) is 25.9 Å². The average Bonchev–Trinajstić information content (AvgIpc) is 2.72. The molecule has 0 spiro atoms. The standard InChI is InChI=1S/C17H15ClO2/c1-17(2)9-13-7-12(4-6-16(13)20-17)11-3-5-15(18)14(8-11)10-19/h3-8,10H,9H2,1-2H3. The molecule has 0 saturated heterocycles. The third-order valence-corrected chi connectivity index (χ3v) is 3.86. The van der Waals surface area contributed by atoms with Crippen LogP contribution >= 0.6 is 11.6 Å². The van der Waals surface area contributed by atoms with Gasteiger partial charge in [0, 0.05) is 12.0 Å². The Morgan fingerprint density at radius 2 is 1.85 bits per heavy atom. The van der Waals surface area contributed by atoms with E-state index in [2.05, 4.69) is 19.9 Å². The normalized spacial score (nSPS) is 15.6. The number of carbonyl (C=O) groups is 1. The highest BCUT2D eigenvalue weighted by Crippen LogP contribution is 2.37. The van der Waals surface area contributed by atoms with E-state index in [-0.39, 0.29) is 5.60 Å². The third kappa shape index (κ3) is 2.32. The van der Waals surface area contributed by atoms with Crippen LogP contribution in [-0.2, 0) is 6.42 Å². The first kappa shape index (κ1) is 13.2. The van der Waals surface area contributed by atoms with E-state index in [0.29, 0.717) is 10.6 Å². The van der Waals surface area contributed by atoms with E-state index >= 15 is 0 Å². The smallest absolute Gasteiger partial charge is 0.151 e. The maximum absolute atomic E-state index is 11.0. The lowest BCUT2D eigenvalue weighted by Crippen LogP contribution is -2.24. The highest BCUT2D eigenvalue weighted by Gasteiger charge is 2.29. The Labute approximate surface area is 123 Å². The van der Waals surface area contributed by atoms with E-state index in [4.69, 9.17) is 16.3 Å². The molecule has 0 amide bonds. The summed E-state index contributed by atoms with van der Waals surface area (Å²) in [7, 11) is 0. The summed E-state index contributed by atoms with van der Waals surface area (Å²) in [5, 5.41) is 0.481. The van der Waals surface area contributed by atoms with Gasteiger partial charge in [0.2, 0.25) is 0 Å². The quantitative estimate of drug-likeness (QED) is 0.758. The summed E-state index contributed by atoms with van der Waals surface area (Å²) in [6.45, 7) is 4.17. The molecule has 3 heteroatoms. The van der Waals surface area contributed by atoms with Crippen LogP contribution in [0.15, 0.2) is 36.4 Å². The topological polar surface area (TPSA) is 26.3 Å². The molecule has 0 atom stereocenters. The molecule has 0 N–H and O–H groups in total. The minimum absolute atomic E-state index is 0.144. The largest absolute Gasteiger partial charge is 0.487 e. The zero-order valence-electron chi connectivity index (χ0n) is 11.4. The lowest BCUT2D eigenvalue weighted by molar-refractivity contribution is 0.112. The second kappa shape index (κ2) is 4.64. The Balaban J connectivity index is 2.03. The fraction of sp³-hybridized carbons (Fsp3) is 0.235. The molecule has 0 fully saturated rings. The summed E-state index contributed by atoms with van der Waals surface area (Å²) in [4.78, 5) is 11.0. The van der Waals surface area contributed by atoms with E-state index in [9.17, 15) is 4.79 Å². The van der Waals surface area contributed by atoms with Gasteiger partial charge in [0.25, 0.3) is 0 Å². The molecule has 1 aliphatic rings. The first-order valence-corrected chi connectivity index (χ1v) is 6.93. The van der Waals surface area contributed by atoms with Gasteiger partial charge in [-0.3, -0.25) is 4.79 Å².